The van der Waals surface area contributed by atoms with E-state index >= 15 is 0 Å². The van der Waals surface area contributed by atoms with E-state index in [9.17, 15) is 4.79 Å². The molecule has 2 N–H and O–H groups in total. The van der Waals surface area contributed by atoms with Crippen molar-refractivity contribution in [3.05, 3.63) is 29.3 Å². The van der Waals surface area contributed by atoms with E-state index in [1.165, 1.54) is 0 Å². The molecule has 0 saturated heterocycles. The summed E-state index contributed by atoms with van der Waals surface area (Å²) in [5.74, 6) is 0.0368. The number of likely N-dealkylation sites (N-methyl/N-ethyl adjacent to an activating group) is 1. The molecule has 0 saturated carbocycles. The topological polar surface area (TPSA) is 55.6 Å². The number of rotatable bonds is 6. The van der Waals surface area contributed by atoms with E-state index in [1.807, 2.05) is 26.8 Å². The molecule has 0 bridgehead atoms. The van der Waals surface area contributed by atoms with E-state index in [-0.39, 0.29) is 5.91 Å². The van der Waals surface area contributed by atoms with E-state index in [1.54, 1.807) is 17.0 Å². The Hall–Kier alpha value is -1.55. The molecule has 0 spiro atoms. The highest BCUT2D eigenvalue weighted by molar-refractivity contribution is 5.96. The van der Waals surface area contributed by atoms with Gasteiger partial charge in [-0.1, -0.05) is 0 Å². The quantitative estimate of drug-likeness (QED) is 0.621. The lowest BCUT2D eigenvalue weighted by molar-refractivity contribution is 0.0668. The van der Waals surface area contributed by atoms with Gasteiger partial charge in [0.1, 0.15) is 0 Å². The molecule has 0 radical (unpaired) electrons. The Bertz CT molecular complexity index is 405. The van der Waals surface area contributed by atoms with Crippen molar-refractivity contribution in [3.63, 3.8) is 0 Å². The number of ether oxygens (including phenoxy) is 1. The van der Waals surface area contributed by atoms with Crippen molar-refractivity contribution in [2.75, 3.05) is 32.0 Å². The second-order valence-corrected chi connectivity index (χ2v) is 4.16. The molecular weight excluding hydrogens is 228 g/mol. The van der Waals surface area contributed by atoms with E-state index < -0.39 is 0 Å². The van der Waals surface area contributed by atoms with Crippen molar-refractivity contribution in [2.45, 2.75) is 20.8 Å². The summed E-state index contributed by atoms with van der Waals surface area (Å²) in [7, 11) is 0. The van der Waals surface area contributed by atoms with Crippen LogP contribution in [-0.2, 0) is 4.74 Å². The Morgan fingerprint density at radius 1 is 1.39 bits per heavy atom. The summed E-state index contributed by atoms with van der Waals surface area (Å²) < 4.78 is 5.29. The number of amides is 1. The zero-order valence-electron chi connectivity index (χ0n) is 11.4. The van der Waals surface area contributed by atoms with Crippen LogP contribution in [0.25, 0.3) is 0 Å². The molecule has 0 aliphatic rings. The third-order valence-electron chi connectivity index (χ3n) is 2.86. The number of aryl methyl sites for hydroxylation is 1. The van der Waals surface area contributed by atoms with Gasteiger partial charge in [0, 0.05) is 30.9 Å². The van der Waals surface area contributed by atoms with Crippen molar-refractivity contribution >= 4 is 11.6 Å². The highest BCUT2D eigenvalue weighted by Crippen LogP contribution is 2.14. The smallest absolute Gasteiger partial charge is 0.254 e. The number of nitrogens with zero attached hydrogens (tertiary/aromatic N) is 1. The number of hydrogen-bond donors (Lipinski definition) is 1. The highest BCUT2D eigenvalue weighted by Gasteiger charge is 2.15. The van der Waals surface area contributed by atoms with Crippen LogP contribution < -0.4 is 5.73 Å². The van der Waals surface area contributed by atoms with Crippen LogP contribution in [0, 0.1) is 6.92 Å². The normalized spacial score (nSPS) is 10.4. The summed E-state index contributed by atoms with van der Waals surface area (Å²) in [6.07, 6.45) is 0. The number of hydrogen-bond acceptors (Lipinski definition) is 3. The van der Waals surface area contributed by atoms with Gasteiger partial charge in [0.25, 0.3) is 5.91 Å². The van der Waals surface area contributed by atoms with E-state index in [0.29, 0.717) is 37.6 Å². The Morgan fingerprint density at radius 2 is 2.11 bits per heavy atom. The molecule has 0 atom stereocenters. The predicted octanol–water partition coefficient (Wildman–Crippen LogP) is 2.08. The number of carbonyl (C=O) groups is 1. The number of nitrogens with two attached hydrogens (primary N) is 1. The molecular formula is C14H22N2O2. The van der Waals surface area contributed by atoms with Gasteiger partial charge in [-0.2, -0.15) is 0 Å². The van der Waals surface area contributed by atoms with Crippen molar-refractivity contribution in [1.29, 1.82) is 0 Å². The zero-order valence-corrected chi connectivity index (χ0v) is 11.4. The summed E-state index contributed by atoms with van der Waals surface area (Å²) in [6.45, 7) is 8.36. The van der Waals surface area contributed by atoms with Crippen LogP contribution in [0.4, 0.5) is 5.69 Å². The minimum atomic E-state index is 0.0368. The predicted molar refractivity (Wildman–Crippen MR) is 73.7 cm³/mol. The molecule has 100 valence electrons. The maximum Gasteiger partial charge on any atom is 0.254 e. The first-order valence-electron chi connectivity index (χ1n) is 6.33. The molecule has 0 unspecified atom stereocenters. The minimum Gasteiger partial charge on any atom is -0.399 e. The molecule has 0 heterocycles. The van der Waals surface area contributed by atoms with E-state index in [2.05, 4.69) is 0 Å². The molecule has 0 aliphatic carbocycles. The highest BCUT2D eigenvalue weighted by atomic mass is 16.5. The van der Waals surface area contributed by atoms with Gasteiger partial charge in [-0.05, 0) is 44.5 Å². The number of carbonyl (C=O) groups excluding carboxylic acids is 1. The Labute approximate surface area is 109 Å². The van der Waals surface area contributed by atoms with Gasteiger partial charge >= 0.3 is 0 Å². The molecule has 0 aliphatic heterocycles. The molecule has 1 aromatic rings. The van der Waals surface area contributed by atoms with Gasteiger partial charge in [-0.3, -0.25) is 4.79 Å². The zero-order chi connectivity index (χ0) is 13.5. The average molecular weight is 250 g/mol. The van der Waals surface area contributed by atoms with Crippen LogP contribution in [0.2, 0.25) is 0 Å². The monoisotopic (exact) mass is 250 g/mol. The van der Waals surface area contributed by atoms with E-state index in [0.717, 1.165) is 5.56 Å². The third-order valence-corrected chi connectivity index (χ3v) is 2.86. The summed E-state index contributed by atoms with van der Waals surface area (Å²) in [5, 5.41) is 0. The third kappa shape index (κ3) is 3.74. The molecule has 4 heteroatoms. The SMILES string of the molecule is CCOCCN(CC)C(=O)c1ccc(N)cc1C. The van der Waals surface area contributed by atoms with Gasteiger partial charge in [-0.25, -0.2) is 0 Å². The summed E-state index contributed by atoms with van der Waals surface area (Å²) in [6, 6.07) is 5.37. The first kappa shape index (κ1) is 14.5. The largest absolute Gasteiger partial charge is 0.399 e. The van der Waals surface area contributed by atoms with E-state index in [4.69, 9.17) is 10.5 Å². The summed E-state index contributed by atoms with van der Waals surface area (Å²) >= 11 is 0. The summed E-state index contributed by atoms with van der Waals surface area (Å²) in [4.78, 5) is 14.1. The minimum absolute atomic E-state index is 0.0368. The maximum atomic E-state index is 12.3. The van der Waals surface area contributed by atoms with Gasteiger partial charge in [-0.15, -0.1) is 0 Å². The number of anilines is 1. The number of benzene rings is 1. The Balaban J connectivity index is 2.76. The van der Waals surface area contributed by atoms with Crippen LogP contribution in [0.5, 0.6) is 0 Å². The second-order valence-electron chi connectivity index (χ2n) is 4.16. The molecule has 0 fully saturated rings. The second kappa shape index (κ2) is 7.01. The first-order valence-corrected chi connectivity index (χ1v) is 6.33. The van der Waals surface area contributed by atoms with Gasteiger partial charge in [0.15, 0.2) is 0 Å². The van der Waals surface area contributed by atoms with Crippen LogP contribution in [-0.4, -0.2) is 37.1 Å². The molecule has 1 aromatic carbocycles. The Kier molecular flexibility index (Phi) is 5.65. The summed E-state index contributed by atoms with van der Waals surface area (Å²) in [5.41, 5.74) is 7.99. The van der Waals surface area contributed by atoms with Crippen LogP contribution in [0.3, 0.4) is 0 Å². The number of nitrogen functional groups attached to an aromatic ring is 1. The standard InChI is InChI=1S/C14H22N2O2/c1-4-16(8-9-18-5-2)14(17)13-7-6-12(15)10-11(13)3/h6-7,10H,4-5,8-9,15H2,1-3H3. The fraction of sp³-hybridized carbons (Fsp3) is 0.500. The van der Waals surface area contributed by atoms with Crippen LogP contribution >= 0.6 is 0 Å². The lowest BCUT2D eigenvalue weighted by Gasteiger charge is -2.21. The molecule has 1 amide bonds. The lowest BCUT2D eigenvalue weighted by atomic mass is 10.1. The van der Waals surface area contributed by atoms with Gasteiger partial charge < -0.3 is 15.4 Å². The molecule has 0 aromatic heterocycles. The van der Waals surface area contributed by atoms with Crippen LogP contribution in [0.15, 0.2) is 18.2 Å². The first-order chi connectivity index (χ1) is 8.60. The average Bonchev–Trinajstić information content (AvgIpc) is 2.34. The van der Waals surface area contributed by atoms with Crippen molar-refractivity contribution < 1.29 is 9.53 Å². The molecule has 18 heavy (non-hydrogen) atoms. The molecule has 1 rings (SSSR count). The fourth-order valence-electron chi connectivity index (χ4n) is 1.82. The Morgan fingerprint density at radius 3 is 2.67 bits per heavy atom. The van der Waals surface area contributed by atoms with Gasteiger partial charge in [0.05, 0.1) is 6.61 Å². The fourth-order valence-corrected chi connectivity index (χ4v) is 1.82. The van der Waals surface area contributed by atoms with Crippen molar-refractivity contribution in [2.24, 2.45) is 0 Å². The maximum absolute atomic E-state index is 12.3. The van der Waals surface area contributed by atoms with Crippen LogP contribution in [0.1, 0.15) is 29.8 Å². The van der Waals surface area contributed by atoms with Crippen molar-refractivity contribution in [1.82, 2.24) is 4.90 Å². The lowest BCUT2D eigenvalue weighted by Crippen LogP contribution is -2.34. The van der Waals surface area contributed by atoms with Crippen molar-refractivity contribution in [3.8, 4) is 0 Å². The van der Waals surface area contributed by atoms with Gasteiger partial charge in [0.2, 0.25) is 0 Å². The molecule has 4 nitrogen and oxygen atoms in total.